The molecule has 0 radical (unpaired) electrons. The summed E-state index contributed by atoms with van der Waals surface area (Å²) in [5.41, 5.74) is -1.66. The number of nitrogens with one attached hydrogen (secondary N) is 4. The molecule has 0 bridgehead atoms. The Bertz CT molecular complexity index is 642. The summed E-state index contributed by atoms with van der Waals surface area (Å²) in [6.07, 6.45) is 3.69. The van der Waals surface area contributed by atoms with E-state index in [1.165, 1.54) is 0 Å². The molecule has 1 saturated heterocycles. The summed E-state index contributed by atoms with van der Waals surface area (Å²) in [5, 5.41) is 3.25. The van der Waals surface area contributed by atoms with E-state index in [9.17, 15) is 18.0 Å². The standard InChI is InChI=1S/C10H16N4O4S/c15-9-8(6-12-10(16)14-9)19(17,18)13-5-3-7-2-1-4-11-7/h6-7,11,13H,1-5H2,(H2,12,14,15,16). The molecule has 1 aromatic heterocycles. The van der Waals surface area contributed by atoms with Gasteiger partial charge >= 0.3 is 5.69 Å². The normalized spacial score (nSPS) is 19.7. The monoisotopic (exact) mass is 288 g/mol. The third-order valence-electron chi connectivity index (χ3n) is 3.02. The number of hydrogen-bond acceptors (Lipinski definition) is 5. The Morgan fingerprint density at radius 1 is 1.37 bits per heavy atom. The minimum absolute atomic E-state index is 0.249. The maximum absolute atomic E-state index is 11.9. The van der Waals surface area contributed by atoms with Crippen LogP contribution in [-0.4, -0.2) is 37.5 Å². The second-order valence-corrected chi connectivity index (χ2v) is 6.15. The van der Waals surface area contributed by atoms with Gasteiger partial charge in [-0.1, -0.05) is 0 Å². The summed E-state index contributed by atoms with van der Waals surface area (Å²) < 4.78 is 26.1. The number of aromatic amines is 2. The first kappa shape index (κ1) is 14.0. The minimum Gasteiger partial charge on any atom is -0.314 e. The molecule has 8 nitrogen and oxygen atoms in total. The van der Waals surface area contributed by atoms with E-state index in [4.69, 9.17) is 0 Å². The zero-order valence-electron chi connectivity index (χ0n) is 10.2. The average Bonchev–Trinajstić information content (AvgIpc) is 2.81. The van der Waals surface area contributed by atoms with Gasteiger partial charge in [-0.25, -0.2) is 17.9 Å². The molecule has 1 fully saturated rings. The van der Waals surface area contributed by atoms with Gasteiger partial charge in [0.05, 0.1) is 0 Å². The molecule has 0 amide bonds. The Balaban J connectivity index is 2.01. The SMILES string of the molecule is O=c1[nH]cc(S(=O)(=O)NCCC2CCCN2)c(=O)[nH]1. The van der Waals surface area contributed by atoms with Crippen LogP contribution in [0.25, 0.3) is 0 Å². The van der Waals surface area contributed by atoms with Gasteiger partial charge in [0.2, 0.25) is 10.0 Å². The smallest absolute Gasteiger partial charge is 0.314 e. The molecule has 2 rings (SSSR count). The first-order valence-electron chi connectivity index (χ1n) is 6.04. The third-order valence-corrected chi connectivity index (χ3v) is 4.49. The average molecular weight is 288 g/mol. The molecule has 1 atom stereocenters. The molecule has 106 valence electrons. The van der Waals surface area contributed by atoms with Gasteiger partial charge in [0.25, 0.3) is 5.56 Å². The van der Waals surface area contributed by atoms with Crippen molar-refractivity contribution in [2.75, 3.05) is 13.1 Å². The van der Waals surface area contributed by atoms with E-state index in [2.05, 4.69) is 15.0 Å². The third kappa shape index (κ3) is 3.52. The Kier molecular flexibility index (Phi) is 4.17. The van der Waals surface area contributed by atoms with Gasteiger partial charge in [-0.2, -0.15) is 0 Å². The lowest BCUT2D eigenvalue weighted by atomic mass is 10.2. The molecule has 0 spiro atoms. The molecule has 9 heteroatoms. The van der Waals surface area contributed by atoms with Crippen LogP contribution in [0.1, 0.15) is 19.3 Å². The van der Waals surface area contributed by atoms with Crippen LogP contribution in [0.15, 0.2) is 20.7 Å². The topological polar surface area (TPSA) is 124 Å². The van der Waals surface area contributed by atoms with Crippen molar-refractivity contribution in [2.24, 2.45) is 0 Å². The number of hydrogen-bond donors (Lipinski definition) is 4. The summed E-state index contributed by atoms with van der Waals surface area (Å²) in [7, 11) is -3.89. The van der Waals surface area contributed by atoms with Gasteiger partial charge in [0.1, 0.15) is 0 Å². The Morgan fingerprint density at radius 2 is 2.16 bits per heavy atom. The van der Waals surface area contributed by atoms with Crippen LogP contribution in [-0.2, 0) is 10.0 Å². The first-order valence-corrected chi connectivity index (χ1v) is 7.52. The molecule has 0 saturated carbocycles. The summed E-state index contributed by atoms with van der Waals surface area (Å²) in [4.78, 5) is 25.8. The van der Waals surface area contributed by atoms with Crippen molar-refractivity contribution in [3.63, 3.8) is 0 Å². The van der Waals surface area contributed by atoms with Crippen molar-refractivity contribution in [2.45, 2.75) is 30.2 Å². The number of sulfonamides is 1. The Labute approximate surface area is 109 Å². The fourth-order valence-electron chi connectivity index (χ4n) is 2.05. The van der Waals surface area contributed by atoms with Crippen molar-refractivity contribution in [3.8, 4) is 0 Å². The Morgan fingerprint density at radius 3 is 2.79 bits per heavy atom. The van der Waals surface area contributed by atoms with Crippen LogP contribution in [0.3, 0.4) is 0 Å². The van der Waals surface area contributed by atoms with Crippen molar-refractivity contribution in [1.82, 2.24) is 20.0 Å². The maximum atomic E-state index is 11.9. The Hall–Kier alpha value is -1.45. The molecule has 1 aliphatic heterocycles. The van der Waals surface area contributed by atoms with Crippen LogP contribution in [0.2, 0.25) is 0 Å². The van der Waals surface area contributed by atoms with Gasteiger partial charge in [-0.15, -0.1) is 0 Å². The van der Waals surface area contributed by atoms with Crippen LogP contribution >= 0.6 is 0 Å². The van der Waals surface area contributed by atoms with Crippen molar-refractivity contribution >= 4 is 10.0 Å². The molecule has 4 N–H and O–H groups in total. The number of rotatable bonds is 5. The highest BCUT2D eigenvalue weighted by atomic mass is 32.2. The molecule has 1 unspecified atom stereocenters. The molecular formula is C10H16N4O4S. The second-order valence-electron chi connectivity index (χ2n) is 4.42. The lowest BCUT2D eigenvalue weighted by molar-refractivity contribution is 0.538. The zero-order valence-corrected chi connectivity index (χ0v) is 11.0. The molecule has 0 aromatic carbocycles. The van der Waals surface area contributed by atoms with Gasteiger partial charge in [0, 0.05) is 18.8 Å². The highest BCUT2D eigenvalue weighted by Gasteiger charge is 2.20. The van der Waals surface area contributed by atoms with E-state index in [0.717, 1.165) is 25.6 Å². The highest BCUT2D eigenvalue weighted by Crippen LogP contribution is 2.08. The summed E-state index contributed by atoms with van der Waals surface area (Å²) in [6.45, 7) is 1.20. The van der Waals surface area contributed by atoms with E-state index in [1.807, 2.05) is 4.98 Å². The fraction of sp³-hybridized carbons (Fsp3) is 0.600. The minimum atomic E-state index is -3.89. The lowest BCUT2D eigenvalue weighted by Gasteiger charge is -2.10. The van der Waals surface area contributed by atoms with Gasteiger partial charge in [-0.05, 0) is 25.8 Å². The largest absolute Gasteiger partial charge is 0.325 e. The summed E-state index contributed by atoms with van der Waals surface area (Å²) in [5.74, 6) is 0. The first-order chi connectivity index (χ1) is 8.99. The van der Waals surface area contributed by atoms with E-state index < -0.39 is 26.2 Å². The number of H-pyrrole nitrogens is 2. The fourth-order valence-corrected chi connectivity index (χ4v) is 3.10. The highest BCUT2D eigenvalue weighted by molar-refractivity contribution is 7.89. The summed E-state index contributed by atoms with van der Waals surface area (Å²) in [6, 6.07) is 0.316. The van der Waals surface area contributed by atoms with E-state index in [1.54, 1.807) is 0 Å². The zero-order chi connectivity index (χ0) is 13.9. The molecule has 19 heavy (non-hydrogen) atoms. The van der Waals surface area contributed by atoms with Crippen LogP contribution in [0, 0.1) is 0 Å². The number of aromatic nitrogens is 2. The van der Waals surface area contributed by atoms with Gasteiger partial charge in [-0.3, -0.25) is 9.78 Å². The lowest BCUT2D eigenvalue weighted by Crippen LogP contribution is -2.35. The maximum Gasteiger partial charge on any atom is 0.325 e. The van der Waals surface area contributed by atoms with Crippen molar-refractivity contribution in [3.05, 3.63) is 27.0 Å². The van der Waals surface area contributed by atoms with E-state index in [0.29, 0.717) is 12.5 Å². The summed E-state index contributed by atoms with van der Waals surface area (Å²) >= 11 is 0. The van der Waals surface area contributed by atoms with Crippen LogP contribution < -0.4 is 21.3 Å². The van der Waals surface area contributed by atoms with E-state index >= 15 is 0 Å². The molecule has 2 heterocycles. The predicted octanol–water partition coefficient (Wildman–Crippen LogP) is -1.52. The molecule has 0 aliphatic carbocycles. The van der Waals surface area contributed by atoms with Crippen molar-refractivity contribution < 1.29 is 8.42 Å². The molecule has 1 aromatic rings. The van der Waals surface area contributed by atoms with Gasteiger partial charge in [0.15, 0.2) is 4.90 Å². The van der Waals surface area contributed by atoms with Crippen LogP contribution in [0.5, 0.6) is 0 Å². The van der Waals surface area contributed by atoms with Gasteiger partial charge < -0.3 is 10.3 Å². The quantitative estimate of drug-likeness (QED) is 0.524. The molecular weight excluding hydrogens is 272 g/mol. The van der Waals surface area contributed by atoms with Crippen molar-refractivity contribution in [1.29, 1.82) is 0 Å². The second kappa shape index (κ2) is 5.68. The predicted molar refractivity (Wildman–Crippen MR) is 68.5 cm³/mol. The van der Waals surface area contributed by atoms with E-state index in [-0.39, 0.29) is 6.54 Å². The molecule has 1 aliphatic rings. The van der Waals surface area contributed by atoms with Crippen LogP contribution in [0.4, 0.5) is 0 Å².